The zero-order valence-electron chi connectivity index (χ0n) is 15.5. The highest BCUT2D eigenvalue weighted by molar-refractivity contribution is 5.95. The van der Waals surface area contributed by atoms with Crippen LogP contribution < -0.4 is 4.90 Å². The van der Waals surface area contributed by atoms with E-state index < -0.39 is 0 Å². The summed E-state index contributed by atoms with van der Waals surface area (Å²) in [5.41, 5.74) is 3.97. The van der Waals surface area contributed by atoms with Crippen molar-refractivity contribution in [3.8, 4) is 0 Å². The van der Waals surface area contributed by atoms with E-state index in [1.54, 1.807) is 0 Å². The highest BCUT2D eigenvalue weighted by Gasteiger charge is 2.27. The van der Waals surface area contributed by atoms with Crippen LogP contribution in [0.1, 0.15) is 23.1 Å². The molecule has 1 aliphatic heterocycles. The molecular weight excluding hydrogens is 324 g/mol. The molecule has 0 saturated carbocycles. The first-order valence-corrected chi connectivity index (χ1v) is 9.07. The second-order valence-electron chi connectivity index (χ2n) is 7.16. The molecule has 26 heavy (non-hydrogen) atoms. The van der Waals surface area contributed by atoms with Crippen LogP contribution in [-0.4, -0.2) is 47.0 Å². The second-order valence-corrected chi connectivity index (χ2v) is 7.16. The van der Waals surface area contributed by atoms with Crippen LogP contribution in [0.25, 0.3) is 11.0 Å². The van der Waals surface area contributed by atoms with E-state index in [4.69, 9.17) is 4.98 Å². The summed E-state index contributed by atoms with van der Waals surface area (Å²) in [4.78, 5) is 21.9. The minimum Gasteiger partial charge on any atom is -0.378 e. The molecule has 1 aliphatic rings. The van der Waals surface area contributed by atoms with Crippen molar-refractivity contribution < 1.29 is 4.79 Å². The van der Waals surface area contributed by atoms with Crippen molar-refractivity contribution in [1.29, 1.82) is 0 Å². The first-order chi connectivity index (χ1) is 12.5. The number of aromatic nitrogens is 2. The summed E-state index contributed by atoms with van der Waals surface area (Å²) in [6, 6.07) is 16.2. The van der Waals surface area contributed by atoms with Crippen molar-refractivity contribution in [2.75, 3.05) is 25.5 Å². The maximum atomic E-state index is 13.2. The molecule has 1 aromatic heterocycles. The first kappa shape index (κ1) is 16.6. The molecule has 5 nitrogen and oxygen atoms in total. The molecule has 0 spiro atoms. The standard InChI is InChI=1S/C21H24N4O/c1-15-13-20-22-18-9-4-5-10-19(18)25(20)12-11-24(15)21(26)16-7-6-8-17(14-16)23(2)3/h4-10,14-15H,11-13H2,1-3H3. The average Bonchev–Trinajstić information content (AvgIpc) is 2.90. The van der Waals surface area contributed by atoms with E-state index in [2.05, 4.69) is 23.6 Å². The summed E-state index contributed by atoms with van der Waals surface area (Å²) in [7, 11) is 3.98. The van der Waals surface area contributed by atoms with E-state index in [-0.39, 0.29) is 11.9 Å². The summed E-state index contributed by atoms with van der Waals surface area (Å²) in [6.45, 7) is 3.58. The third-order valence-electron chi connectivity index (χ3n) is 5.18. The van der Waals surface area contributed by atoms with Gasteiger partial charge in [0.1, 0.15) is 5.82 Å². The number of hydrogen-bond acceptors (Lipinski definition) is 3. The second kappa shape index (κ2) is 6.48. The summed E-state index contributed by atoms with van der Waals surface area (Å²) >= 11 is 0. The van der Waals surface area contributed by atoms with Gasteiger partial charge < -0.3 is 14.4 Å². The number of amides is 1. The number of hydrogen-bond donors (Lipinski definition) is 0. The van der Waals surface area contributed by atoms with Gasteiger partial charge in [-0.1, -0.05) is 18.2 Å². The number of imidazole rings is 1. The third-order valence-corrected chi connectivity index (χ3v) is 5.18. The summed E-state index contributed by atoms with van der Waals surface area (Å²) in [6.07, 6.45) is 0.772. The Morgan fingerprint density at radius 2 is 1.92 bits per heavy atom. The number of para-hydroxylation sites is 2. The van der Waals surface area contributed by atoms with Gasteiger partial charge in [-0.2, -0.15) is 0 Å². The maximum absolute atomic E-state index is 13.2. The van der Waals surface area contributed by atoms with Gasteiger partial charge in [0.2, 0.25) is 0 Å². The highest BCUT2D eigenvalue weighted by atomic mass is 16.2. The fraction of sp³-hybridized carbons (Fsp3) is 0.333. The molecule has 0 fully saturated rings. The van der Waals surface area contributed by atoms with Crippen LogP contribution in [0.15, 0.2) is 48.5 Å². The van der Waals surface area contributed by atoms with Gasteiger partial charge in [-0.25, -0.2) is 4.98 Å². The number of fused-ring (bicyclic) bond motifs is 3. The number of anilines is 1. The van der Waals surface area contributed by atoms with E-state index in [1.807, 2.05) is 60.3 Å². The predicted molar refractivity (Wildman–Crippen MR) is 105 cm³/mol. The van der Waals surface area contributed by atoms with Crippen LogP contribution in [0.3, 0.4) is 0 Å². The van der Waals surface area contributed by atoms with Crippen LogP contribution in [0.4, 0.5) is 5.69 Å². The maximum Gasteiger partial charge on any atom is 0.254 e. The molecule has 1 amide bonds. The molecule has 5 heteroatoms. The van der Waals surface area contributed by atoms with Gasteiger partial charge in [-0.05, 0) is 37.3 Å². The van der Waals surface area contributed by atoms with Crippen molar-refractivity contribution in [3.63, 3.8) is 0 Å². The SMILES string of the molecule is CC1Cc2nc3ccccc3n2CCN1C(=O)c1cccc(N(C)C)c1. The van der Waals surface area contributed by atoms with Gasteiger partial charge in [0, 0.05) is 50.9 Å². The largest absolute Gasteiger partial charge is 0.378 e. The number of nitrogens with zero attached hydrogens (tertiary/aromatic N) is 4. The Hall–Kier alpha value is -2.82. The van der Waals surface area contributed by atoms with Crippen molar-refractivity contribution in [2.45, 2.75) is 25.9 Å². The molecule has 3 aromatic rings. The van der Waals surface area contributed by atoms with Crippen molar-refractivity contribution >= 4 is 22.6 Å². The first-order valence-electron chi connectivity index (χ1n) is 9.07. The topological polar surface area (TPSA) is 41.4 Å². The van der Waals surface area contributed by atoms with E-state index in [0.717, 1.165) is 41.1 Å². The zero-order chi connectivity index (χ0) is 18.3. The normalized spacial score (nSPS) is 17.0. The smallest absolute Gasteiger partial charge is 0.254 e. The van der Waals surface area contributed by atoms with Crippen LogP contribution in [0.2, 0.25) is 0 Å². The summed E-state index contributed by atoms with van der Waals surface area (Å²) < 4.78 is 2.26. The van der Waals surface area contributed by atoms with Crippen molar-refractivity contribution in [3.05, 3.63) is 59.9 Å². The Labute approximate surface area is 153 Å². The minimum absolute atomic E-state index is 0.0938. The number of carbonyl (C=O) groups excluding carboxylic acids is 1. The van der Waals surface area contributed by atoms with Gasteiger partial charge in [-0.3, -0.25) is 4.79 Å². The number of carbonyl (C=O) groups is 1. The van der Waals surface area contributed by atoms with E-state index in [0.29, 0.717) is 6.54 Å². The van der Waals surface area contributed by atoms with Gasteiger partial charge in [0.25, 0.3) is 5.91 Å². The van der Waals surface area contributed by atoms with Gasteiger partial charge in [0.05, 0.1) is 11.0 Å². The zero-order valence-corrected chi connectivity index (χ0v) is 15.5. The Balaban J connectivity index is 1.62. The fourth-order valence-corrected chi connectivity index (χ4v) is 3.72. The Bertz CT molecular complexity index is 960. The third kappa shape index (κ3) is 2.83. The number of rotatable bonds is 2. The molecule has 2 heterocycles. The molecular formula is C21H24N4O. The summed E-state index contributed by atoms with van der Waals surface area (Å²) in [5.74, 6) is 1.16. The fourth-order valence-electron chi connectivity index (χ4n) is 3.72. The molecule has 0 saturated heterocycles. The Kier molecular flexibility index (Phi) is 4.15. The van der Waals surface area contributed by atoms with Gasteiger partial charge in [0.15, 0.2) is 0 Å². The minimum atomic E-state index is 0.0938. The van der Waals surface area contributed by atoms with E-state index in [9.17, 15) is 4.79 Å². The van der Waals surface area contributed by atoms with Crippen molar-refractivity contribution in [2.24, 2.45) is 0 Å². The molecule has 0 radical (unpaired) electrons. The Morgan fingerprint density at radius 1 is 1.12 bits per heavy atom. The van der Waals surface area contributed by atoms with Crippen LogP contribution in [0, 0.1) is 0 Å². The lowest BCUT2D eigenvalue weighted by Gasteiger charge is -2.27. The lowest BCUT2D eigenvalue weighted by Crippen LogP contribution is -2.40. The van der Waals surface area contributed by atoms with Crippen LogP contribution in [-0.2, 0) is 13.0 Å². The van der Waals surface area contributed by atoms with Gasteiger partial charge >= 0.3 is 0 Å². The van der Waals surface area contributed by atoms with E-state index in [1.165, 1.54) is 0 Å². The predicted octanol–water partition coefficient (Wildman–Crippen LogP) is 3.19. The molecule has 1 unspecified atom stereocenters. The highest BCUT2D eigenvalue weighted by Crippen LogP contribution is 2.23. The molecule has 2 aromatic carbocycles. The number of benzene rings is 2. The molecule has 0 aliphatic carbocycles. The quantitative estimate of drug-likeness (QED) is 0.714. The Morgan fingerprint density at radius 3 is 2.73 bits per heavy atom. The molecule has 4 rings (SSSR count). The monoisotopic (exact) mass is 348 g/mol. The lowest BCUT2D eigenvalue weighted by atomic mass is 10.1. The molecule has 134 valence electrons. The molecule has 0 bridgehead atoms. The average molecular weight is 348 g/mol. The lowest BCUT2D eigenvalue weighted by molar-refractivity contribution is 0.0696. The molecule has 1 atom stereocenters. The molecule has 0 N–H and O–H groups in total. The summed E-state index contributed by atoms with van der Waals surface area (Å²) in [5, 5.41) is 0. The van der Waals surface area contributed by atoms with Gasteiger partial charge in [-0.15, -0.1) is 0 Å². The van der Waals surface area contributed by atoms with Crippen LogP contribution >= 0.6 is 0 Å². The van der Waals surface area contributed by atoms with Crippen molar-refractivity contribution in [1.82, 2.24) is 14.5 Å². The van der Waals surface area contributed by atoms with Crippen LogP contribution in [0.5, 0.6) is 0 Å². The van der Waals surface area contributed by atoms with E-state index >= 15 is 0 Å².